The third-order valence-corrected chi connectivity index (χ3v) is 2.95. The Kier molecular flexibility index (Phi) is 1.92. The first kappa shape index (κ1) is 8.52. The van der Waals surface area contributed by atoms with Crippen molar-refractivity contribution in [1.82, 2.24) is 10.2 Å². The number of hydrogen-bond acceptors (Lipinski definition) is 2. The zero-order valence-electron chi connectivity index (χ0n) is 8.43. The average Bonchev–Trinajstić information content (AvgIpc) is 2.42. The molecule has 0 aromatic rings. The predicted octanol–water partition coefficient (Wildman–Crippen LogP) is 1.08. The van der Waals surface area contributed by atoms with Crippen molar-refractivity contribution in [3.05, 3.63) is 0 Å². The molecule has 1 N–H and O–H groups in total. The Bertz CT molecular complexity index is 171. The van der Waals surface area contributed by atoms with Crippen molar-refractivity contribution >= 4 is 0 Å². The summed E-state index contributed by atoms with van der Waals surface area (Å²) >= 11 is 0. The van der Waals surface area contributed by atoms with Crippen LogP contribution >= 0.6 is 0 Å². The Morgan fingerprint density at radius 2 is 2.00 bits per heavy atom. The van der Waals surface area contributed by atoms with E-state index in [0.717, 1.165) is 12.0 Å². The quantitative estimate of drug-likeness (QED) is 0.630. The van der Waals surface area contributed by atoms with Gasteiger partial charge >= 0.3 is 0 Å². The number of nitrogens with one attached hydrogen (secondary N) is 1. The summed E-state index contributed by atoms with van der Waals surface area (Å²) in [6, 6.07) is 0.763. The topological polar surface area (TPSA) is 15.3 Å². The van der Waals surface area contributed by atoms with Gasteiger partial charge in [-0.05, 0) is 39.7 Å². The van der Waals surface area contributed by atoms with Gasteiger partial charge < -0.3 is 10.2 Å². The largest absolute Gasteiger partial charge is 0.308 e. The molecule has 2 nitrogen and oxygen atoms in total. The highest BCUT2D eigenvalue weighted by molar-refractivity contribution is 4.96. The molecule has 3 atom stereocenters. The lowest BCUT2D eigenvalue weighted by molar-refractivity contribution is 0.268. The van der Waals surface area contributed by atoms with Crippen molar-refractivity contribution in [3.63, 3.8) is 0 Å². The minimum atomic E-state index is 0.288. The molecule has 0 aromatic heterocycles. The SMILES string of the molecule is CC(C)(C)NC1CN2CCC1C2. The van der Waals surface area contributed by atoms with Gasteiger partial charge in [-0.2, -0.15) is 0 Å². The second-order valence-corrected chi connectivity index (χ2v) is 5.31. The standard InChI is InChI=1S/C10H20N2/c1-10(2,3)11-9-7-12-5-4-8(9)6-12/h8-9,11H,4-7H2,1-3H3. The smallest absolute Gasteiger partial charge is 0.0240 e. The number of piperidine rings is 1. The van der Waals surface area contributed by atoms with Crippen LogP contribution in [0.1, 0.15) is 27.2 Å². The maximum atomic E-state index is 3.71. The van der Waals surface area contributed by atoms with Gasteiger partial charge in [0, 0.05) is 24.7 Å². The molecule has 12 heavy (non-hydrogen) atoms. The van der Waals surface area contributed by atoms with E-state index in [1.165, 1.54) is 26.1 Å². The van der Waals surface area contributed by atoms with Crippen molar-refractivity contribution in [2.24, 2.45) is 5.92 Å². The molecule has 0 aliphatic carbocycles. The first-order chi connectivity index (χ1) is 5.54. The summed E-state index contributed by atoms with van der Waals surface area (Å²) in [7, 11) is 0. The summed E-state index contributed by atoms with van der Waals surface area (Å²) in [6.45, 7) is 10.7. The van der Waals surface area contributed by atoms with Crippen LogP contribution in [0.2, 0.25) is 0 Å². The van der Waals surface area contributed by atoms with E-state index in [4.69, 9.17) is 0 Å². The molecular weight excluding hydrogens is 148 g/mol. The molecule has 2 heteroatoms. The number of nitrogens with zero attached hydrogens (tertiary/aromatic N) is 1. The first-order valence-corrected chi connectivity index (χ1v) is 5.05. The number of hydrogen-bond donors (Lipinski definition) is 1. The summed E-state index contributed by atoms with van der Waals surface area (Å²) in [5, 5.41) is 3.71. The van der Waals surface area contributed by atoms with E-state index in [1.54, 1.807) is 0 Å². The highest BCUT2D eigenvalue weighted by Crippen LogP contribution is 2.28. The van der Waals surface area contributed by atoms with Gasteiger partial charge in [0.1, 0.15) is 0 Å². The summed E-state index contributed by atoms with van der Waals surface area (Å²) < 4.78 is 0. The van der Waals surface area contributed by atoms with E-state index in [9.17, 15) is 0 Å². The van der Waals surface area contributed by atoms with Crippen LogP contribution < -0.4 is 5.32 Å². The van der Waals surface area contributed by atoms with Gasteiger partial charge in [0.05, 0.1) is 0 Å². The summed E-state index contributed by atoms with van der Waals surface area (Å²) in [5.74, 6) is 0.934. The Hall–Kier alpha value is -0.0800. The fourth-order valence-corrected chi connectivity index (χ4v) is 2.50. The molecule has 0 radical (unpaired) electrons. The zero-order chi connectivity index (χ0) is 8.77. The van der Waals surface area contributed by atoms with Crippen LogP contribution in [0.3, 0.4) is 0 Å². The van der Waals surface area contributed by atoms with Gasteiger partial charge in [-0.1, -0.05) is 0 Å². The van der Waals surface area contributed by atoms with E-state index in [-0.39, 0.29) is 5.54 Å². The van der Waals surface area contributed by atoms with E-state index in [0.29, 0.717) is 0 Å². The summed E-state index contributed by atoms with van der Waals surface area (Å²) in [4.78, 5) is 2.58. The van der Waals surface area contributed by atoms with E-state index < -0.39 is 0 Å². The van der Waals surface area contributed by atoms with E-state index in [1.807, 2.05) is 0 Å². The van der Waals surface area contributed by atoms with Crippen molar-refractivity contribution in [2.75, 3.05) is 19.6 Å². The van der Waals surface area contributed by atoms with Crippen LogP contribution in [0.25, 0.3) is 0 Å². The monoisotopic (exact) mass is 168 g/mol. The van der Waals surface area contributed by atoms with Crippen LogP contribution in [0.4, 0.5) is 0 Å². The molecule has 70 valence electrons. The molecule has 0 aromatic carbocycles. The zero-order valence-corrected chi connectivity index (χ0v) is 8.43. The predicted molar refractivity (Wildman–Crippen MR) is 51.2 cm³/mol. The highest BCUT2D eigenvalue weighted by atomic mass is 15.2. The second kappa shape index (κ2) is 2.71. The Morgan fingerprint density at radius 1 is 1.25 bits per heavy atom. The molecule has 2 saturated heterocycles. The van der Waals surface area contributed by atoms with E-state index in [2.05, 4.69) is 31.0 Å². The van der Waals surface area contributed by atoms with Crippen LogP contribution in [0.5, 0.6) is 0 Å². The summed E-state index contributed by atoms with van der Waals surface area (Å²) in [6.07, 6.45) is 1.41. The number of fused-ring (bicyclic) bond motifs is 2. The lowest BCUT2D eigenvalue weighted by Crippen LogP contribution is -2.49. The van der Waals surface area contributed by atoms with Gasteiger partial charge in [-0.3, -0.25) is 0 Å². The third-order valence-electron chi connectivity index (χ3n) is 2.95. The molecule has 2 fully saturated rings. The van der Waals surface area contributed by atoms with Gasteiger partial charge in [0.2, 0.25) is 0 Å². The fourth-order valence-electron chi connectivity index (χ4n) is 2.50. The fraction of sp³-hybridized carbons (Fsp3) is 1.00. The normalized spacial score (nSPS) is 40.8. The van der Waals surface area contributed by atoms with Crippen molar-refractivity contribution < 1.29 is 0 Å². The van der Waals surface area contributed by atoms with Crippen LogP contribution in [-0.2, 0) is 0 Å². The van der Waals surface area contributed by atoms with Gasteiger partial charge in [0.25, 0.3) is 0 Å². The molecule has 2 aliphatic heterocycles. The molecule has 3 unspecified atom stereocenters. The van der Waals surface area contributed by atoms with E-state index >= 15 is 0 Å². The van der Waals surface area contributed by atoms with Crippen LogP contribution in [0, 0.1) is 5.92 Å². The third kappa shape index (κ3) is 1.64. The van der Waals surface area contributed by atoms with Crippen molar-refractivity contribution in [2.45, 2.75) is 38.8 Å². The van der Waals surface area contributed by atoms with Gasteiger partial charge in [-0.25, -0.2) is 0 Å². The maximum Gasteiger partial charge on any atom is 0.0240 e. The molecular formula is C10H20N2. The van der Waals surface area contributed by atoms with Gasteiger partial charge in [-0.15, -0.1) is 0 Å². The second-order valence-electron chi connectivity index (χ2n) is 5.31. The number of rotatable bonds is 1. The molecule has 0 amide bonds. The highest BCUT2D eigenvalue weighted by Gasteiger charge is 2.38. The molecule has 0 saturated carbocycles. The minimum absolute atomic E-state index is 0.288. The average molecular weight is 168 g/mol. The molecule has 2 aliphatic rings. The molecule has 2 heterocycles. The first-order valence-electron chi connectivity index (χ1n) is 5.05. The lowest BCUT2D eigenvalue weighted by Gasteiger charge is -2.31. The maximum absolute atomic E-state index is 3.71. The molecule has 2 bridgehead atoms. The van der Waals surface area contributed by atoms with Gasteiger partial charge in [0.15, 0.2) is 0 Å². The Balaban J connectivity index is 1.91. The molecule has 0 spiro atoms. The lowest BCUT2D eigenvalue weighted by atomic mass is 9.97. The molecule has 2 rings (SSSR count). The van der Waals surface area contributed by atoms with Crippen molar-refractivity contribution in [1.29, 1.82) is 0 Å². The Morgan fingerprint density at radius 3 is 2.42 bits per heavy atom. The van der Waals surface area contributed by atoms with Crippen LogP contribution in [-0.4, -0.2) is 36.1 Å². The van der Waals surface area contributed by atoms with Crippen molar-refractivity contribution in [3.8, 4) is 0 Å². The minimum Gasteiger partial charge on any atom is -0.308 e. The summed E-state index contributed by atoms with van der Waals surface area (Å²) in [5.41, 5.74) is 0.288. The Labute approximate surface area is 75.3 Å². The van der Waals surface area contributed by atoms with Crippen LogP contribution in [0.15, 0.2) is 0 Å².